The first kappa shape index (κ1) is 16.4. The van der Waals surface area contributed by atoms with E-state index in [4.69, 9.17) is 4.74 Å². The molecule has 1 atom stereocenters. The van der Waals surface area contributed by atoms with Crippen molar-refractivity contribution >= 4 is 11.9 Å². The van der Waals surface area contributed by atoms with Crippen LogP contribution in [0.2, 0.25) is 0 Å². The van der Waals surface area contributed by atoms with E-state index in [-0.39, 0.29) is 30.9 Å². The van der Waals surface area contributed by atoms with Crippen molar-refractivity contribution in [2.45, 2.75) is 38.6 Å². The average molecular weight is 311 g/mol. The van der Waals surface area contributed by atoms with Crippen LogP contribution < -0.4 is 0 Å². The number of carbonyl (C=O) groups excluding carboxylic acids is 2. The summed E-state index contributed by atoms with van der Waals surface area (Å²) in [7, 11) is 0. The number of amides is 1. The van der Waals surface area contributed by atoms with E-state index in [2.05, 4.69) is 0 Å². The van der Waals surface area contributed by atoms with E-state index in [1.807, 2.05) is 0 Å². The molecular weight excluding hydrogens is 292 g/mol. The van der Waals surface area contributed by atoms with Gasteiger partial charge in [-0.3, -0.25) is 4.79 Å². The summed E-state index contributed by atoms with van der Waals surface area (Å²) in [5, 5.41) is 0. The van der Waals surface area contributed by atoms with Crippen molar-refractivity contribution in [3.63, 3.8) is 0 Å². The van der Waals surface area contributed by atoms with Crippen molar-refractivity contribution in [2.75, 3.05) is 13.2 Å². The highest BCUT2D eigenvalue weighted by Crippen LogP contribution is 2.21. The first-order valence-corrected chi connectivity index (χ1v) is 7.43. The maximum Gasteiger partial charge on any atom is 0.328 e. The van der Waals surface area contributed by atoms with Crippen LogP contribution in [0.25, 0.3) is 0 Å². The second-order valence-electron chi connectivity index (χ2n) is 5.23. The van der Waals surface area contributed by atoms with Crippen LogP contribution in [-0.4, -0.2) is 36.0 Å². The molecule has 6 heteroatoms. The fourth-order valence-electron chi connectivity index (χ4n) is 2.67. The number of esters is 1. The van der Waals surface area contributed by atoms with E-state index < -0.39 is 23.6 Å². The Morgan fingerprint density at radius 2 is 2.14 bits per heavy atom. The molecule has 1 aliphatic heterocycles. The van der Waals surface area contributed by atoms with E-state index in [0.29, 0.717) is 13.0 Å². The molecule has 0 spiro atoms. The number of likely N-dealkylation sites (tertiary alicyclic amines) is 1. The number of hydrogen-bond acceptors (Lipinski definition) is 3. The molecule has 0 bridgehead atoms. The maximum atomic E-state index is 13.5. The van der Waals surface area contributed by atoms with Crippen LogP contribution in [0.3, 0.4) is 0 Å². The SMILES string of the molecule is CCOC(=O)[C@H]1CCCN1C(=O)CCc1cc(F)ccc1F. The quantitative estimate of drug-likeness (QED) is 0.785. The lowest BCUT2D eigenvalue weighted by Crippen LogP contribution is -2.41. The first-order chi connectivity index (χ1) is 10.5. The highest BCUT2D eigenvalue weighted by molar-refractivity contribution is 5.85. The van der Waals surface area contributed by atoms with Gasteiger partial charge in [0, 0.05) is 13.0 Å². The summed E-state index contributed by atoms with van der Waals surface area (Å²) in [5.41, 5.74) is 0.167. The van der Waals surface area contributed by atoms with Gasteiger partial charge in [0.1, 0.15) is 17.7 Å². The second kappa shape index (κ2) is 7.33. The van der Waals surface area contributed by atoms with Crippen molar-refractivity contribution in [1.29, 1.82) is 0 Å². The molecule has 0 saturated carbocycles. The van der Waals surface area contributed by atoms with Crippen molar-refractivity contribution in [3.05, 3.63) is 35.4 Å². The zero-order valence-electron chi connectivity index (χ0n) is 12.5. The summed E-state index contributed by atoms with van der Waals surface area (Å²) in [6.45, 7) is 2.48. The topological polar surface area (TPSA) is 46.6 Å². The van der Waals surface area contributed by atoms with Gasteiger partial charge in [0.2, 0.25) is 5.91 Å². The molecule has 1 heterocycles. The highest BCUT2D eigenvalue weighted by atomic mass is 19.1. The number of carbonyl (C=O) groups is 2. The molecule has 0 aromatic heterocycles. The minimum Gasteiger partial charge on any atom is -0.464 e. The van der Waals surface area contributed by atoms with Gasteiger partial charge in [-0.1, -0.05) is 0 Å². The number of halogens is 2. The molecular formula is C16H19F2NO3. The highest BCUT2D eigenvalue weighted by Gasteiger charge is 2.34. The normalized spacial score (nSPS) is 17.6. The summed E-state index contributed by atoms with van der Waals surface area (Å²) in [6.07, 6.45) is 1.47. The Hall–Kier alpha value is -1.98. The van der Waals surface area contributed by atoms with Crippen molar-refractivity contribution in [1.82, 2.24) is 4.90 Å². The molecule has 0 unspecified atom stereocenters. The van der Waals surface area contributed by atoms with Crippen LogP contribution in [-0.2, 0) is 20.7 Å². The number of nitrogens with zero attached hydrogens (tertiary/aromatic N) is 1. The van der Waals surface area contributed by atoms with E-state index >= 15 is 0 Å². The second-order valence-corrected chi connectivity index (χ2v) is 5.23. The summed E-state index contributed by atoms with van der Waals surface area (Å²) in [6, 6.07) is 2.63. The lowest BCUT2D eigenvalue weighted by atomic mass is 10.1. The van der Waals surface area contributed by atoms with Gasteiger partial charge in [-0.2, -0.15) is 0 Å². The third-order valence-corrected chi connectivity index (χ3v) is 3.75. The summed E-state index contributed by atoms with van der Waals surface area (Å²) in [5.74, 6) is -1.70. The molecule has 1 aromatic rings. The average Bonchev–Trinajstić information content (AvgIpc) is 2.98. The van der Waals surface area contributed by atoms with E-state index in [9.17, 15) is 18.4 Å². The van der Waals surface area contributed by atoms with Gasteiger partial charge in [-0.05, 0) is 49.9 Å². The molecule has 1 saturated heterocycles. The Bertz CT molecular complexity index is 562. The predicted molar refractivity (Wildman–Crippen MR) is 76.0 cm³/mol. The molecule has 1 aliphatic rings. The minimum atomic E-state index is -0.551. The van der Waals surface area contributed by atoms with Gasteiger partial charge >= 0.3 is 5.97 Å². The number of rotatable bonds is 5. The molecule has 1 amide bonds. The molecule has 120 valence electrons. The zero-order chi connectivity index (χ0) is 16.1. The van der Waals surface area contributed by atoms with E-state index in [1.54, 1.807) is 6.92 Å². The number of ether oxygens (including phenoxy) is 1. The van der Waals surface area contributed by atoms with Crippen molar-refractivity contribution < 1.29 is 23.1 Å². The Labute approximate surface area is 128 Å². The standard InChI is InChI=1S/C16H19F2NO3/c1-2-22-16(21)14-4-3-9-19(14)15(20)8-5-11-10-12(17)6-7-13(11)18/h6-7,10,14H,2-5,8-9H2,1H3/t14-/m1/s1. The Morgan fingerprint density at radius 3 is 2.86 bits per heavy atom. The molecule has 0 radical (unpaired) electrons. The molecule has 1 fully saturated rings. The zero-order valence-corrected chi connectivity index (χ0v) is 12.5. The molecule has 0 N–H and O–H groups in total. The first-order valence-electron chi connectivity index (χ1n) is 7.43. The molecule has 4 nitrogen and oxygen atoms in total. The van der Waals surface area contributed by atoms with E-state index in [0.717, 1.165) is 24.6 Å². The molecule has 2 rings (SSSR count). The van der Waals surface area contributed by atoms with Gasteiger partial charge in [0.15, 0.2) is 0 Å². The fourth-order valence-corrected chi connectivity index (χ4v) is 2.67. The van der Waals surface area contributed by atoms with Crippen LogP contribution in [0.15, 0.2) is 18.2 Å². The monoisotopic (exact) mass is 311 g/mol. The van der Waals surface area contributed by atoms with Gasteiger partial charge < -0.3 is 9.64 Å². The number of benzene rings is 1. The van der Waals surface area contributed by atoms with Crippen LogP contribution in [0, 0.1) is 11.6 Å². The summed E-state index contributed by atoms with van der Waals surface area (Å²) >= 11 is 0. The Morgan fingerprint density at radius 1 is 1.36 bits per heavy atom. The Kier molecular flexibility index (Phi) is 5.46. The fraction of sp³-hybridized carbons (Fsp3) is 0.500. The molecule has 0 aliphatic carbocycles. The minimum absolute atomic E-state index is 0.0380. The number of hydrogen-bond donors (Lipinski definition) is 0. The van der Waals surface area contributed by atoms with Crippen LogP contribution in [0.1, 0.15) is 31.7 Å². The number of aryl methyl sites for hydroxylation is 1. The van der Waals surface area contributed by atoms with E-state index in [1.165, 1.54) is 4.90 Å². The lowest BCUT2D eigenvalue weighted by molar-refractivity contribution is -0.153. The van der Waals surface area contributed by atoms with Gasteiger partial charge in [-0.15, -0.1) is 0 Å². The summed E-state index contributed by atoms with van der Waals surface area (Å²) in [4.78, 5) is 25.5. The van der Waals surface area contributed by atoms with Gasteiger partial charge in [0.05, 0.1) is 6.61 Å². The van der Waals surface area contributed by atoms with Gasteiger partial charge in [-0.25, -0.2) is 13.6 Å². The summed E-state index contributed by atoms with van der Waals surface area (Å²) < 4.78 is 31.6. The third-order valence-electron chi connectivity index (χ3n) is 3.75. The van der Waals surface area contributed by atoms with Crippen LogP contribution in [0.5, 0.6) is 0 Å². The van der Waals surface area contributed by atoms with Crippen molar-refractivity contribution in [3.8, 4) is 0 Å². The largest absolute Gasteiger partial charge is 0.464 e. The van der Waals surface area contributed by atoms with Crippen LogP contribution in [0.4, 0.5) is 8.78 Å². The molecule has 22 heavy (non-hydrogen) atoms. The van der Waals surface area contributed by atoms with Crippen molar-refractivity contribution in [2.24, 2.45) is 0 Å². The third kappa shape index (κ3) is 3.81. The smallest absolute Gasteiger partial charge is 0.328 e. The maximum absolute atomic E-state index is 13.5. The predicted octanol–water partition coefficient (Wildman–Crippen LogP) is 2.45. The van der Waals surface area contributed by atoms with Crippen LogP contribution >= 0.6 is 0 Å². The van der Waals surface area contributed by atoms with Gasteiger partial charge in [0.25, 0.3) is 0 Å². The molecule has 1 aromatic carbocycles. The lowest BCUT2D eigenvalue weighted by Gasteiger charge is -2.23. The Balaban J connectivity index is 1.96.